The molecule has 2 aliphatic heterocycles. The Morgan fingerprint density at radius 2 is 2.00 bits per heavy atom. The third kappa shape index (κ3) is 2.83. The van der Waals surface area contributed by atoms with Crippen molar-refractivity contribution in [2.24, 2.45) is 5.92 Å². The van der Waals surface area contributed by atoms with Gasteiger partial charge in [-0.05, 0) is 52.0 Å². The van der Waals surface area contributed by atoms with E-state index in [0.29, 0.717) is 36.8 Å². The van der Waals surface area contributed by atoms with Gasteiger partial charge in [0.05, 0.1) is 9.50 Å². The van der Waals surface area contributed by atoms with Crippen molar-refractivity contribution >= 4 is 55.9 Å². The molecule has 144 valence electrons. The molecular weight excluding hydrogens is 470 g/mol. The lowest BCUT2D eigenvalue weighted by Crippen LogP contribution is -2.47. The Morgan fingerprint density at radius 1 is 1.18 bits per heavy atom. The van der Waals surface area contributed by atoms with E-state index in [1.54, 1.807) is 18.2 Å². The predicted octanol–water partition coefficient (Wildman–Crippen LogP) is 4.62. The minimum Gasteiger partial charge on any atom is -0.355 e. The van der Waals surface area contributed by atoms with E-state index in [-0.39, 0.29) is 31.8 Å². The van der Waals surface area contributed by atoms with E-state index in [1.165, 1.54) is 0 Å². The lowest BCUT2D eigenvalue weighted by Gasteiger charge is -2.43. The van der Waals surface area contributed by atoms with Gasteiger partial charge in [-0.1, -0.05) is 17.7 Å². The van der Waals surface area contributed by atoms with Crippen LogP contribution in [0.1, 0.15) is 18.0 Å². The van der Waals surface area contributed by atoms with Gasteiger partial charge in [-0.25, -0.2) is 9.37 Å². The predicted molar refractivity (Wildman–Crippen MR) is 111 cm³/mol. The van der Waals surface area contributed by atoms with Crippen molar-refractivity contribution in [2.45, 2.75) is 18.9 Å². The minimum absolute atomic E-state index is 0.0111. The number of hydrogen-bond donors (Lipinski definition) is 0. The van der Waals surface area contributed by atoms with Crippen LogP contribution in [0.15, 0.2) is 33.5 Å². The molecule has 0 radical (unpaired) electrons. The lowest BCUT2D eigenvalue weighted by molar-refractivity contribution is 0.281. The first-order chi connectivity index (χ1) is 13.4. The Bertz CT molecular complexity index is 1180. The van der Waals surface area contributed by atoms with Gasteiger partial charge in [-0.15, -0.1) is 0 Å². The molecule has 3 aromatic rings. The molecule has 2 aromatic heterocycles. The van der Waals surface area contributed by atoms with Crippen LogP contribution >= 0.6 is 39.1 Å². The van der Waals surface area contributed by atoms with Crippen LogP contribution in [-0.2, 0) is 6.54 Å². The Kier molecular flexibility index (Phi) is 4.37. The first-order valence-corrected chi connectivity index (χ1v) is 10.4. The highest BCUT2D eigenvalue weighted by Gasteiger charge is 2.36. The van der Waals surface area contributed by atoms with Gasteiger partial charge in [0.25, 0.3) is 5.56 Å². The van der Waals surface area contributed by atoms with Gasteiger partial charge in [0, 0.05) is 42.7 Å². The van der Waals surface area contributed by atoms with E-state index in [0.717, 1.165) is 12.1 Å². The van der Waals surface area contributed by atoms with E-state index >= 15 is 0 Å². The van der Waals surface area contributed by atoms with Crippen LogP contribution in [-0.4, -0.2) is 27.6 Å². The zero-order chi connectivity index (χ0) is 19.6. The molecule has 0 spiro atoms. The van der Waals surface area contributed by atoms with Crippen LogP contribution in [0.4, 0.5) is 10.2 Å². The summed E-state index contributed by atoms with van der Waals surface area (Å²) in [6.07, 6.45) is 1.01. The van der Waals surface area contributed by atoms with Gasteiger partial charge >= 0.3 is 0 Å². The van der Waals surface area contributed by atoms with Gasteiger partial charge in [-0.2, -0.15) is 4.98 Å². The van der Waals surface area contributed by atoms with Crippen LogP contribution < -0.4 is 10.5 Å². The Labute approximate surface area is 178 Å². The van der Waals surface area contributed by atoms with E-state index in [9.17, 15) is 9.18 Å². The molecule has 1 saturated heterocycles. The number of anilines is 1. The maximum Gasteiger partial charge on any atom is 0.250 e. The summed E-state index contributed by atoms with van der Waals surface area (Å²) >= 11 is 15.5. The standard InChI is InChI=1S/C19H14BrCl2FN4O/c20-15-12(21)5-11-17(16(15)23)24-19(22)25-18(11)26-6-9-4-10(8-26)13-2-1-3-14(28)27(13)7-9/h1-3,5,9-10H,4,6-8H2/t9?,10-/m0/s1. The fourth-order valence-corrected chi connectivity index (χ4v) is 5.10. The van der Waals surface area contributed by atoms with Gasteiger partial charge in [-0.3, -0.25) is 4.79 Å². The molecule has 1 fully saturated rings. The van der Waals surface area contributed by atoms with E-state index in [1.807, 2.05) is 10.6 Å². The third-order valence-electron chi connectivity index (χ3n) is 5.56. The molecule has 28 heavy (non-hydrogen) atoms. The van der Waals surface area contributed by atoms with Crippen molar-refractivity contribution in [2.75, 3.05) is 18.0 Å². The Balaban J connectivity index is 1.63. The Hall–Kier alpha value is -1.70. The second-order valence-electron chi connectivity index (χ2n) is 7.30. The molecule has 4 heterocycles. The highest BCUT2D eigenvalue weighted by Crippen LogP contribution is 2.40. The van der Waals surface area contributed by atoms with Crippen LogP contribution in [0.3, 0.4) is 0 Å². The summed E-state index contributed by atoms with van der Waals surface area (Å²) in [7, 11) is 0. The number of aromatic nitrogens is 3. The van der Waals surface area contributed by atoms with Gasteiger partial charge in [0.1, 0.15) is 11.3 Å². The molecule has 9 heteroatoms. The maximum absolute atomic E-state index is 14.7. The van der Waals surface area contributed by atoms with Crippen LogP contribution in [0.5, 0.6) is 0 Å². The first kappa shape index (κ1) is 18.3. The van der Waals surface area contributed by atoms with Gasteiger partial charge in [0.15, 0.2) is 5.82 Å². The summed E-state index contributed by atoms with van der Waals surface area (Å²) in [5.41, 5.74) is 1.21. The summed E-state index contributed by atoms with van der Waals surface area (Å²) in [5.74, 6) is 0.513. The largest absolute Gasteiger partial charge is 0.355 e. The van der Waals surface area contributed by atoms with Crippen molar-refractivity contribution in [3.05, 3.63) is 60.9 Å². The van der Waals surface area contributed by atoms with Crippen LogP contribution in [0, 0.1) is 11.7 Å². The van der Waals surface area contributed by atoms with E-state index in [4.69, 9.17) is 23.2 Å². The van der Waals surface area contributed by atoms with Crippen LogP contribution in [0.25, 0.3) is 10.9 Å². The average Bonchev–Trinajstić information content (AvgIpc) is 2.67. The van der Waals surface area contributed by atoms with Crippen molar-refractivity contribution in [3.63, 3.8) is 0 Å². The summed E-state index contributed by atoms with van der Waals surface area (Å²) < 4.78 is 16.8. The molecule has 5 rings (SSSR count). The summed E-state index contributed by atoms with van der Waals surface area (Å²) in [4.78, 5) is 22.8. The maximum atomic E-state index is 14.7. The fourth-order valence-electron chi connectivity index (χ4n) is 4.44. The fraction of sp³-hybridized carbons (Fsp3) is 0.316. The molecule has 2 atom stereocenters. The monoisotopic (exact) mass is 482 g/mol. The topological polar surface area (TPSA) is 51.0 Å². The summed E-state index contributed by atoms with van der Waals surface area (Å²) in [6, 6.07) is 7.07. The van der Waals surface area contributed by atoms with Crippen molar-refractivity contribution in [3.8, 4) is 0 Å². The molecule has 0 aliphatic carbocycles. The SMILES string of the molecule is O=c1cccc2n1CC1C[C@H]2CN(c2nc(Cl)nc3c(F)c(Br)c(Cl)cc23)C1. The number of benzene rings is 1. The minimum atomic E-state index is -0.554. The van der Waals surface area contributed by atoms with Crippen molar-refractivity contribution < 1.29 is 4.39 Å². The number of rotatable bonds is 1. The number of hydrogen-bond acceptors (Lipinski definition) is 4. The first-order valence-electron chi connectivity index (χ1n) is 8.88. The number of halogens is 4. The van der Waals surface area contributed by atoms with E-state index < -0.39 is 5.82 Å². The zero-order valence-electron chi connectivity index (χ0n) is 14.5. The molecule has 0 saturated carbocycles. The zero-order valence-corrected chi connectivity index (χ0v) is 17.6. The molecular formula is C19H14BrCl2FN4O. The summed E-state index contributed by atoms with van der Waals surface area (Å²) in [6.45, 7) is 2.03. The number of nitrogens with zero attached hydrogens (tertiary/aromatic N) is 4. The Morgan fingerprint density at radius 3 is 2.82 bits per heavy atom. The normalized spacial score (nSPS) is 21.1. The van der Waals surface area contributed by atoms with Crippen molar-refractivity contribution in [1.82, 2.24) is 14.5 Å². The molecule has 2 bridgehead atoms. The molecule has 2 aliphatic rings. The number of pyridine rings is 1. The second kappa shape index (κ2) is 6.68. The molecule has 5 nitrogen and oxygen atoms in total. The highest BCUT2D eigenvalue weighted by molar-refractivity contribution is 9.10. The third-order valence-corrected chi connectivity index (χ3v) is 7.03. The second-order valence-corrected chi connectivity index (χ2v) is 8.84. The quantitative estimate of drug-likeness (QED) is 0.374. The number of piperidine rings is 1. The average molecular weight is 484 g/mol. The molecule has 1 aromatic carbocycles. The summed E-state index contributed by atoms with van der Waals surface area (Å²) in [5, 5.41) is 0.773. The highest BCUT2D eigenvalue weighted by atomic mass is 79.9. The van der Waals surface area contributed by atoms with E-state index in [2.05, 4.69) is 30.8 Å². The van der Waals surface area contributed by atoms with Gasteiger partial charge in [0.2, 0.25) is 5.28 Å². The molecule has 0 amide bonds. The molecule has 0 N–H and O–H groups in total. The lowest BCUT2D eigenvalue weighted by atomic mass is 9.83. The number of fused-ring (bicyclic) bond motifs is 5. The van der Waals surface area contributed by atoms with Gasteiger partial charge < -0.3 is 9.47 Å². The van der Waals surface area contributed by atoms with Crippen LogP contribution in [0.2, 0.25) is 10.3 Å². The van der Waals surface area contributed by atoms with Crippen molar-refractivity contribution in [1.29, 1.82) is 0 Å². The smallest absolute Gasteiger partial charge is 0.250 e. The molecule has 1 unspecified atom stereocenters.